The van der Waals surface area contributed by atoms with Crippen molar-refractivity contribution in [3.63, 3.8) is 0 Å². The molecule has 0 radical (unpaired) electrons. The lowest BCUT2D eigenvalue weighted by Gasteiger charge is -2.09. The topological polar surface area (TPSA) is 86.1 Å². The summed E-state index contributed by atoms with van der Waals surface area (Å²) in [7, 11) is 1.70. The van der Waals surface area contributed by atoms with Crippen LogP contribution >= 0.6 is 0 Å². The fraction of sp³-hybridized carbons (Fsp3) is 0.222. The smallest absolute Gasteiger partial charge is 0.354 e. The number of carboxylic acids is 1. The molecule has 74 valence electrons. The van der Waals surface area contributed by atoms with Gasteiger partial charge in [0.15, 0.2) is 5.69 Å². The molecule has 0 spiro atoms. The average molecular weight is 193 g/mol. The highest BCUT2D eigenvalue weighted by Gasteiger charge is 2.13. The minimum absolute atomic E-state index is 0.0116. The van der Waals surface area contributed by atoms with Crippen molar-refractivity contribution in [3.8, 4) is 0 Å². The van der Waals surface area contributed by atoms with Gasteiger partial charge in [0.2, 0.25) is 0 Å². The third-order valence-corrected chi connectivity index (χ3v) is 1.99. The molecule has 0 atom stereocenters. The zero-order valence-electron chi connectivity index (χ0n) is 7.96. The van der Waals surface area contributed by atoms with Crippen LogP contribution in [0.5, 0.6) is 0 Å². The Morgan fingerprint density at radius 2 is 2.36 bits per heavy atom. The maximum absolute atomic E-state index is 10.7. The molecule has 1 aromatic rings. The molecule has 0 aliphatic rings. The van der Waals surface area contributed by atoms with E-state index < -0.39 is 5.97 Å². The van der Waals surface area contributed by atoms with Gasteiger partial charge in [-0.2, -0.15) is 0 Å². The molecule has 0 bridgehead atoms. The van der Waals surface area contributed by atoms with Crippen molar-refractivity contribution in [3.05, 3.63) is 23.0 Å². The number of carbonyl (C=O) groups is 1. The fourth-order valence-electron chi connectivity index (χ4n) is 1.23. The molecule has 1 heterocycles. The monoisotopic (exact) mass is 193 g/mol. The van der Waals surface area contributed by atoms with Gasteiger partial charge in [-0.25, -0.2) is 9.78 Å². The van der Waals surface area contributed by atoms with E-state index in [0.717, 1.165) is 6.21 Å². The molecule has 5 nitrogen and oxygen atoms in total. The van der Waals surface area contributed by atoms with Crippen LogP contribution in [-0.2, 0) is 0 Å². The zero-order valence-corrected chi connectivity index (χ0v) is 7.96. The first-order chi connectivity index (χ1) is 6.61. The van der Waals surface area contributed by atoms with E-state index in [1.165, 1.54) is 6.20 Å². The Bertz CT molecular complexity index is 388. The standard InChI is InChI=1S/C9H11N3O2/c1-5-6(3-10)7(11-2)4-12-8(5)9(13)14/h3-4,10-11H,1-2H3,(H,13,14). The minimum atomic E-state index is -1.08. The van der Waals surface area contributed by atoms with E-state index in [-0.39, 0.29) is 5.69 Å². The van der Waals surface area contributed by atoms with Crippen LogP contribution in [0.1, 0.15) is 21.6 Å². The zero-order chi connectivity index (χ0) is 10.7. The van der Waals surface area contributed by atoms with Gasteiger partial charge in [-0.1, -0.05) is 0 Å². The molecular formula is C9H11N3O2. The van der Waals surface area contributed by atoms with E-state index in [2.05, 4.69) is 10.3 Å². The van der Waals surface area contributed by atoms with Gasteiger partial charge in [0.05, 0.1) is 11.9 Å². The molecule has 0 amide bonds. The maximum Gasteiger partial charge on any atom is 0.354 e. The number of hydrogen-bond donors (Lipinski definition) is 3. The van der Waals surface area contributed by atoms with Crippen LogP contribution in [-0.4, -0.2) is 29.3 Å². The number of aromatic nitrogens is 1. The predicted octanol–water partition coefficient (Wildman–Crippen LogP) is 1.13. The average Bonchev–Trinajstić information content (AvgIpc) is 2.16. The molecule has 0 fully saturated rings. The predicted molar refractivity (Wildman–Crippen MR) is 53.4 cm³/mol. The second-order valence-electron chi connectivity index (χ2n) is 2.76. The summed E-state index contributed by atoms with van der Waals surface area (Å²) in [5.74, 6) is -1.08. The number of aromatic carboxylic acids is 1. The van der Waals surface area contributed by atoms with Crippen molar-refractivity contribution in [2.75, 3.05) is 12.4 Å². The van der Waals surface area contributed by atoms with Crippen LogP contribution in [0.3, 0.4) is 0 Å². The summed E-state index contributed by atoms with van der Waals surface area (Å²) in [4.78, 5) is 14.5. The molecule has 0 saturated heterocycles. The van der Waals surface area contributed by atoms with Gasteiger partial charge in [0.1, 0.15) is 0 Å². The van der Waals surface area contributed by atoms with Gasteiger partial charge in [0.25, 0.3) is 0 Å². The number of nitrogens with zero attached hydrogens (tertiary/aromatic N) is 1. The van der Waals surface area contributed by atoms with Crippen LogP contribution in [0.2, 0.25) is 0 Å². The van der Waals surface area contributed by atoms with Gasteiger partial charge < -0.3 is 15.8 Å². The van der Waals surface area contributed by atoms with E-state index >= 15 is 0 Å². The van der Waals surface area contributed by atoms with Gasteiger partial charge in [0, 0.05) is 18.8 Å². The Kier molecular flexibility index (Phi) is 2.81. The lowest BCUT2D eigenvalue weighted by molar-refractivity contribution is 0.0689. The molecule has 1 aromatic heterocycles. The molecule has 0 unspecified atom stereocenters. The second kappa shape index (κ2) is 3.87. The molecule has 0 aliphatic heterocycles. The first-order valence-electron chi connectivity index (χ1n) is 4.03. The highest BCUT2D eigenvalue weighted by Crippen LogP contribution is 2.18. The molecule has 0 aliphatic carbocycles. The first kappa shape index (κ1) is 10.2. The van der Waals surface area contributed by atoms with Crippen LogP contribution in [0.15, 0.2) is 6.20 Å². The van der Waals surface area contributed by atoms with Gasteiger partial charge in [-0.05, 0) is 12.5 Å². The Labute approximate surface area is 81.3 Å². The Morgan fingerprint density at radius 1 is 1.71 bits per heavy atom. The quantitative estimate of drug-likeness (QED) is 0.628. The van der Waals surface area contributed by atoms with Crippen LogP contribution in [0, 0.1) is 12.3 Å². The summed E-state index contributed by atoms with van der Waals surface area (Å²) in [6.45, 7) is 1.64. The number of hydrogen-bond acceptors (Lipinski definition) is 4. The van der Waals surface area contributed by atoms with Gasteiger partial charge in [-0.15, -0.1) is 0 Å². The number of pyridine rings is 1. The summed E-state index contributed by atoms with van der Waals surface area (Å²) in [5, 5.41) is 18.8. The second-order valence-corrected chi connectivity index (χ2v) is 2.76. The Hall–Kier alpha value is -1.91. The highest BCUT2D eigenvalue weighted by molar-refractivity contribution is 5.94. The van der Waals surface area contributed by atoms with E-state index in [1.807, 2.05) is 0 Å². The third kappa shape index (κ3) is 1.56. The summed E-state index contributed by atoms with van der Waals surface area (Å²) in [6.07, 6.45) is 2.53. The summed E-state index contributed by atoms with van der Waals surface area (Å²) in [5.41, 5.74) is 1.70. The summed E-state index contributed by atoms with van der Waals surface area (Å²) < 4.78 is 0. The van der Waals surface area contributed by atoms with Crippen LogP contribution in [0.4, 0.5) is 5.69 Å². The number of carboxylic acid groups (broad SMARTS) is 1. The molecular weight excluding hydrogens is 182 g/mol. The third-order valence-electron chi connectivity index (χ3n) is 1.99. The molecule has 5 heteroatoms. The van der Waals surface area contributed by atoms with Crippen molar-refractivity contribution in [2.45, 2.75) is 6.92 Å². The van der Waals surface area contributed by atoms with Crippen molar-refractivity contribution in [2.24, 2.45) is 0 Å². The van der Waals surface area contributed by atoms with Gasteiger partial charge >= 0.3 is 5.97 Å². The normalized spacial score (nSPS) is 9.57. The largest absolute Gasteiger partial charge is 0.477 e. The minimum Gasteiger partial charge on any atom is -0.477 e. The first-order valence-corrected chi connectivity index (χ1v) is 4.03. The Morgan fingerprint density at radius 3 is 2.79 bits per heavy atom. The number of nitrogens with one attached hydrogen (secondary N) is 2. The van der Waals surface area contributed by atoms with Crippen LogP contribution < -0.4 is 5.32 Å². The molecule has 14 heavy (non-hydrogen) atoms. The van der Waals surface area contributed by atoms with E-state index in [0.29, 0.717) is 16.8 Å². The van der Waals surface area contributed by atoms with Crippen LogP contribution in [0.25, 0.3) is 0 Å². The lowest BCUT2D eigenvalue weighted by atomic mass is 10.1. The van der Waals surface area contributed by atoms with Crippen molar-refractivity contribution < 1.29 is 9.90 Å². The fourth-order valence-corrected chi connectivity index (χ4v) is 1.23. The van der Waals surface area contributed by atoms with Crippen molar-refractivity contribution in [1.82, 2.24) is 4.98 Å². The maximum atomic E-state index is 10.7. The highest BCUT2D eigenvalue weighted by atomic mass is 16.4. The lowest BCUT2D eigenvalue weighted by Crippen LogP contribution is -2.08. The van der Waals surface area contributed by atoms with E-state index in [9.17, 15) is 4.79 Å². The van der Waals surface area contributed by atoms with Crippen molar-refractivity contribution in [1.29, 1.82) is 5.41 Å². The number of anilines is 1. The molecule has 3 N–H and O–H groups in total. The Balaban J connectivity index is 3.42. The summed E-state index contributed by atoms with van der Waals surface area (Å²) >= 11 is 0. The molecule has 0 aromatic carbocycles. The van der Waals surface area contributed by atoms with E-state index in [4.69, 9.17) is 10.5 Å². The van der Waals surface area contributed by atoms with Crippen molar-refractivity contribution >= 4 is 17.9 Å². The molecule has 0 saturated carbocycles. The molecule has 1 rings (SSSR count). The summed E-state index contributed by atoms with van der Waals surface area (Å²) in [6, 6.07) is 0. The van der Waals surface area contributed by atoms with E-state index in [1.54, 1.807) is 14.0 Å². The van der Waals surface area contributed by atoms with Gasteiger partial charge in [-0.3, -0.25) is 0 Å². The SMILES string of the molecule is CNc1cnc(C(=O)O)c(C)c1C=N. The number of rotatable bonds is 3.